The predicted octanol–water partition coefficient (Wildman–Crippen LogP) is 2.09. The van der Waals surface area contributed by atoms with Gasteiger partial charge < -0.3 is 16.0 Å². The number of nitrogens with one attached hydrogen (secondary N) is 1. The maximum Gasteiger partial charge on any atom is 0.240 e. The summed E-state index contributed by atoms with van der Waals surface area (Å²) in [5, 5.41) is 3.48. The van der Waals surface area contributed by atoms with E-state index in [1.807, 2.05) is 20.8 Å². The molecule has 0 heterocycles. The van der Waals surface area contributed by atoms with Crippen LogP contribution in [0.4, 0.5) is 0 Å². The molecule has 1 aliphatic rings. The Kier molecular flexibility index (Phi) is 8.77. The van der Waals surface area contributed by atoms with Gasteiger partial charge in [-0.25, -0.2) is 0 Å². The Labute approximate surface area is 141 Å². The summed E-state index contributed by atoms with van der Waals surface area (Å²) in [5.74, 6) is 0.762. The highest BCUT2D eigenvalue weighted by Crippen LogP contribution is 2.23. The summed E-state index contributed by atoms with van der Waals surface area (Å²) in [6.45, 7) is 8.92. The van der Waals surface area contributed by atoms with Crippen LogP contribution in [0.1, 0.15) is 66.2 Å². The Morgan fingerprint density at radius 2 is 1.83 bits per heavy atom. The average molecular weight is 325 g/mol. The van der Waals surface area contributed by atoms with Crippen molar-refractivity contribution in [3.63, 3.8) is 0 Å². The van der Waals surface area contributed by atoms with Crippen molar-refractivity contribution in [2.24, 2.45) is 11.7 Å². The molecule has 0 saturated heterocycles. The molecule has 0 aromatic rings. The molecule has 1 aliphatic carbocycles. The molecule has 0 bridgehead atoms. The van der Waals surface area contributed by atoms with Crippen molar-refractivity contribution in [3.05, 3.63) is 0 Å². The van der Waals surface area contributed by atoms with E-state index in [0.29, 0.717) is 24.9 Å². The molecule has 134 valence electrons. The van der Waals surface area contributed by atoms with Crippen LogP contribution in [-0.2, 0) is 9.59 Å². The highest BCUT2D eigenvalue weighted by molar-refractivity contribution is 5.89. The quantitative estimate of drug-likeness (QED) is 0.680. The van der Waals surface area contributed by atoms with Gasteiger partial charge in [0, 0.05) is 12.6 Å². The van der Waals surface area contributed by atoms with Crippen LogP contribution in [0.15, 0.2) is 0 Å². The lowest BCUT2D eigenvalue weighted by Gasteiger charge is -2.35. The van der Waals surface area contributed by atoms with Gasteiger partial charge in [0.05, 0.1) is 12.1 Å². The minimum absolute atomic E-state index is 0.0508. The molecule has 2 atom stereocenters. The Morgan fingerprint density at radius 3 is 2.26 bits per heavy atom. The van der Waals surface area contributed by atoms with Crippen molar-refractivity contribution in [2.45, 2.75) is 84.3 Å². The molecule has 0 unspecified atom stereocenters. The lowest BCUT2D eigenvalue weighted by Crippen LogP contribution is -2.53. The fourth-order valence-corrected chi connectivity index (χ4v) is 3.63. The van der Waals surface area contributed by atoms with E-state index >= 15 is 0 Å². The smallest absolute Gasteiger partial charge is 0.240 e. The van der Waals surface area contributed by atoms with Crippen LogP contribution in [0.25, 0.3) is 0 Å². The Morgan fingerprint density at radius 1 is 1.22 bits per heavy atom. The molecule has 1 rings (SSSR count). The third-order valence-corrected chi connectivity index (χ3v) is 5.02. The minimum Gasteiger partial charge on any atom is -0.331 e. The zero-order chi connectivity index (χ0) is 17.4. The second kappa shape index (κ2) is 10.0. The number of hydrogen-bond acceptors (Lipinski definition) is 4. The molecule has 0 aromatic carbocycles. The second-order valence-corrected chi connectivity index (χ2v) is 6.91. The first-order valence-corrected chi connectivity index (χ1v) is 9.21. The van der Waals surface area contributed by atoms with Gasteiger partial charge in [-0.05, 0) is 64.8 Å². The van der Waals surface area contributed by atoms with E-state index in [4.69, 9.17) is 5.73 Å². The van der Waals surface area contributed by atoms with Gasteiger partial charge in [0.25, 0.3) is 0 Å². The van der Waals surface area contributed by atoms with E-state index in [2.05, 4.69) is 5.32 Å². The third-order valence-electron chi connectivity index (χ3n) is 5.02. The van der Waals surface area contributed by atoms with Crippen LogP contribution in [0.5, 0.6) is 0 Å². The Balaban J connectivity index is 2.63. The van der Waals surface area contributed by atoms with Crippen molar-refractivity contribution >= 4 is 11.7 Å². The predicted molar refractivity (Wildman–Crippen MR) is 94.2 cm³/mol. The summed E-state index contributed by atoms with van der Waals surface area (Å²) < 4.78 is 0. The van der Waals surface area contributed by atoms with Crippen molar-refractivity contribution in [1.82, 2.24) is 10.2 Å². The number of ketones is 1. The van der Waals surface area contributed by atoms with Crippen LogP contribution in [0.2, 0.25) is 0 Å². The van der Waals surface area contributed by atoms with Gasteiger partial charge in [-0.2, -0.15) is 0 Å². The number of nitrogens with zero attached hydrogens (tertiary/aromatic N) is 1. The maximum absolute atomic E-state index is 12.8. The number of carbonyl (C=O) groups is 2. The summed E-state index contributed by atoms with van der Waals surface area (Å²) in [6.07, 6.45) is 5.98. The highest BCUT2D eigenvalue weighted by atomic mass is 16.2. The summed E-state index contributed by atoms with van der Waals surface area (Å²) >= 11 is 0. The first kappa shape index (κ1) is 20.1. The molecule has 3 N–H and O–H groups in total. The number of amides is 1. The average Bonchev–Trinajstić information content (AvgIpc) is 2.54. The first-order chi connectivity index (χ1) is 10.9. The zero-order valence-corrected chi connectivity index (χ0v) is 15.3. The van der Waals surface area contributed by atoms with Gasteiger partial charge in [0.2, 0.25) is 5.91 Å². The number of hydrogen-bond donors (Lipinski definition) is 2. The lowest BCUT2D eigenvalue weighted by atomic mass is 9.86. The SMILES string of the molecule is CCCN(C(=O)[C@@H](C)NC1CCC(CN)CC1)[C@@H](CC)C(C)=O. The van der Waals surface area contributed by atoms with Gasteiger partial charge >= 0.3 is 0 Å². The molecule has 0 radical (unpaired) electrons. The van der Waals surface area contributed by atoms with E-state index in [9.17, 15) is 9.59 Å². The Hall–Kier alpha value is -0.940. The van der Waals surface area contributed by atoms with Crippen molar-refractivity contribution < 1.29 is 9.59 Å². The molecular weight excluding hydrogens is 290 g/mol. The standard InChI is InChI=1S/C18H35N3O2/c1-5-11-21(17(6-2)14(4)22)18(23)13(3)20-16-9-7-15(12-19)8-10-16/h13,15-17,20H,5-12,19H2,1-4H3/t13-,15?,16?,17+/m1/s1. The molecule has 5 nitrogen and oxygen atoms in total. The summed E-state index contributed by atoms with van der Waals surface area (Å²) in [7, 11) is 0. The topological polar surface area (TPSA) is 75.4 Å². The van der Waals surface area contributed by atoms with Crippen molar-refractivity contribution in [2.75, 3.05) is 13.1 Å². The van der Waals surface area contributed by atoms with Gasteiger partial charge in [-0.1, -0.05) is 13.8 Å². The first-order valence-electron chi connectivity index (χ1n) is 9.21. The van der Waals surface area contributed by atoms with Crippen molar-refractivity contribution in [1.29, 1.82) is 0 Å². The normalized spacial score (nSPS) is 24.0. The molecular formula is C18H35N3O2. The van der Waals surface area contributed by atoms with Crippen molar-refractivity contribution in [3.8, 4) is 0 Å². The van der Waals surface area contributed by atoms with E-state index < -0.39 is 0 Å². The van der Waals surface area contributed by atoms with Gasteiger partial charge in [0.1, 0.15) is 0 Å². The highest BCUT2D eigenvalue weighted by Gasteiger charge is 2.30. The maximum atomic E-state index is 12.8. The minimum atomic E-state index is -0.292. The van der Waals surface area contributed by atoms with Crippen LogP contribution in [-0.4, -0.2) is 47.8 Å². The van der Waals surface area contributed by atoms with E-state index in [-0.39, 0.29) is 23.8 Å². The largest absolute Gasteiger partial charge is 0.331 e. The summed E-state index contributed by atoms with van der Waals surface area (Å²) in [5.41, 5.74) is 5.74. The molecule has 5 heteroatoms. The number of Topliss-reactive ketones (excluding diaryl/α,β-unsaturated/α-hetero) is 1. The lowest BCUT2D eigenvalue weighted by molar-refractivity contribution is -0.140. The van der Waals surface area contributed by atoms with E-state index in [1.165, 1.54) is 0 Å². The van der Waals surface area contributed by atoms with Gasteiger partial charge in [-0.3, -0.25) is 9.59 Å². The van der Waals surface area contributed by atoms with Crippen LogP contribution in [0.3, 0.4) is 0 Å². The molecule has 1 amide bonds. The van der Waals surface area contributed by atoms with E-state index in [1.54, 1.807) is 11.8 Å². The number of rotatable bonds is 9. The number of carbonyl (C=O) groups excluding carboxylic acids is 2. The van der Waals surface area contributed by atoms with Crippen LogP contribution in [0, 0.1) is 5.92 Å². The molecule has 1 fully saturated rings. The third kappa shape index (κ3) is 5.88. The fourth-order valence-electron chi connectivity index (χ4n) is 3.63. The molecule has 1 saturated carbocycles. The Bertz CT molecular complexity index is 378. The van der Waals surface area contributed by atoms with E-state index in [0.717, 1.165) is 38.6 Å². The summed E-state index contributed by atoms with van der Waals surface area (Å²) in [6, 6.07) is -0.147. The van der Waals surface area contributed by atoms with Gasteiger partial charge in [-0.15, -0.1) is 0 Å². The molecule has 0 aromatic heterocycles. The number of nitrogens with two attached hydrogens (primary N) is 1. The molecule has 0 aliphatic heterocycles. The molecule has 0 spiro atoms. The fraction of sp³-hybridized carbons (Fsp3) is 0.889. The van der Waals surface area contributed by atoms with Crippen LogP contribution >= 0.6 is 0 Å². The summed E-state index contributed by atoms with van der Waals surface area (Å²) in [4.78, 5) is 26.4. The monoisotopic (exact) mass is 325 g/mol. The zero-order valence-electron chi connectivity index (χ0n) is 15.3. The molecule has 23 heavy (non-hydrogen) atoms. The second-order valence-electron chi connectivity index (χ2n) is 6.91. The van der Waals surface area contributed by atoms with Gasteiger partial charge in [0.15, 0.2) is 5.78 Å². The van der Waals surface area contributed by atoms with Crippen LogP contribution < -0.4 is 11.1 Å².